The second-order valence-electron chi connectivity index (χ2n) is 12.5. The van der Waals surface area contributed by atoms with Gasteiger partial charge in [-0.1, -0.05) is 140 Å². The highest BCUT2D eigenvalue weighted by molar-refractivity contribution is 6.21. The minimum Gasteiger partial charge on any atom is -0.456 e. The van der Waals surface area contributed by atoms with Crippen LogP contribution in [0, 0.1) is 0 Å². The van der Waals surface area contributed by atoms with Crippen molar-refractivity contribution in [2.45, 2.75) is 0 Å². The summed E-state index contributed by atoms with van der Waals surface area (Å²) in [5.41, 5.74) is 10.9. The Morgan fingerprint density at radius 3 is 1.40 bits per heavy atom. The molecule has 2 heterocycles. The molecule has 0 saturated heterocycles. The molecule has 0 aliphatic heterocycles. The van der Waals surface area contributed by atoms with Crippen molar-refractivity contribution in [3.8, 4) is 44.7 Å². The van der Waals surface area contributed by atoms with Gasteiger partial charge in [-0.3, -0.25) is 0 Å². The Bertz CT molecular complexity index is 2750. The van der Waals surface area contributed by atoms with Gasteiger partial charge in [0.25, 0.3) is 0 Å². The van der Waals surface area contributed by atoms with E-state index in [1.807, 2.05) is 18.2 Å². The van der Waals surface area contributed by atoms with E-state index in [9.17, 15) is 0 Å². The van der Waals surface area contributed by atoms with Gasteiger partial charge in [0.05, 0.1) is 0 Å². The van der Waals surface area contributed by atoms with Gasteiger partial charge in [0, 0.05) is 21.7 Å². The van der Waals surface area contributed by atoms with Gasteiger partial charge in [0.2, 0.25) is 0 Å². The van der Waals surface area contributed by atoms with E-state index in [-0.39, 0.29) is 0 Å². The van der Waals surface area contributed by atoms with Crippen molar-refractivity contribution in [2.75, 3.05) is 0 Å². The van der Waals surface area contributed by atoms with Crippen LogP contribution in [0.25, 0.3) is 99.2 Å². The topological polar surface area (TPSA) is 26.3 Å². The van der Waals surface area contributed by atoms with Gasteiger partial charge < -0.3 is 8.83 Å². The third kappa shape index (κ3) is 4.20. The van der Waals surface area contributed by atoms with Crippen LogP contribution < -0.4 is 0 Å². The first-order valence-corrected chi connectivity index (χ1v) is 16.3. The highest BCUT2D eigenvalue weighted by Gasteiger charge is 2.17. The lowest BCUT2D eigenvalue weighted by Crippen LogP contribution is -1.90. The molecule has 10 rings (SSSR count). The number of furan rings is 2. The predicted octanol–water partition coefficient (Wildman–Crippen LogP) is 13.3. The Morgan fingerprint density at radius 1 is 0.271 bits per heavy atom. The van der Waals surface area contributed by atoms with E-state index in [0.29, 0.717) is 0 Å². The van der Waals surface area contributed by atoms with E-state index in [1.54, 1.807) is 0 Å². The average Bonchev–Trinajstić information content (AvgIpc) is 3.73. The molecule has 0 saturated carbocycles. The summed E-state index contributed by atoms with van der Waals surface area (Å²) in [4.78, 5) is 0. The van der Waals surface area contributed by atoms with E-state index in [0.717, 1.165) is 55.4 Å². The van der Waals surface area contributed by atoms with E-state index < -0.39 is 0 Å². The largest absolute Gasteiger partial charge is 0.456 e. The van der Waals surface area contributed by atoms with Crippen LogP contribution in [-0.4, -0.2) is 0 Å². The normalized spacial score (nSPS) is 11.8. The van der Waals surface area contributed by atoms with Gasteiger partial charge in [0.15, 0.2) is 0 Å². The van der Waals surface area contributed by atoms with Gasteiger partial charge in [-0.2, -0.15) is 0 Å². The van der Waals surface area contributed by atoms with Crippen molar-refractivity contribution < 1.29 is 8.83 Å². The lowest BCUT2D eigenvalue weighted by Gasteiger charge is -2.18. The molecular weight excluding hydrogens is 585 g/mol. The van der Waals surface area contributed by atoms with Gasteiger partial charge in [-0.25, -0.2) is 0 Å². The van der Waals surface area contributed by atoms with Crippen molar-refractivity contribution >= 4 is 54.5 Å². The molecule has 0 atom stereocenters. The fourth-order valence-electron chi connectivity index (χ4n) is 7.42. The Morgan fingerprint density at radius 2 is 0.771 bits per heavy atom. The number of rotatable bonds is 4. The van der Waals surface area contributed by atoms with Gasteiger partial charge >= 0.3 is 0 Å². The summed E-state index contributed by atoms with van der Waals surface area (Å²) >= 11 is 0. The van der Waals surface area contributed by atoms with Crippen molar-refractivity contribution in [1.82, 2.24) is 0 Å². The zero-order valence-electron chi connectivity index (χ0n) is 26.0. The van der Waals surface area contributed by atoms with Crippen molar-refractivity contribution in [3.63, 3.8) is 0 Å². The summed E-state index contributed by atoms with van der Waals surface area (Å²) in [5, 5.41) is 8.22. The maximum Gasteiger partial charge on any atom is 0.136 e. The average molecular weight is 613 g/mol. The predicted molar refractivity (Wildman–Crippen MR) is 200 cm³/mol. The van der Waals surface area contributed by atoms with Crippen molar-refractivity contribution in [3.05, 3.63) is 170 Å². The summed E-state index contributed by atoms with van der Waals surface area (Å²) in [7, 11) is 0. The van der Waals surface area contributed by atoms with E-state index in [4.69, 9.17) is 8.83 Å². The molecule has 224 valence electrons. The molecule has 0 radical (unpaired) electrons. The summed E-state index contributed by atoms with van der Waals surface area (Å²) in [5.74, 6) is 0.862. The zero-order chi connectivity index (χ0) is 31.6. The summed E-state index contributed by atoms with van der Waals surface area (Å²) in [6.07, 6.45) is 0. The smallest absolute Gasteiger partial charge is 0.136 e. The minimum atomic E-state index is 0.862. The third-order valence-electron chi connectivity index (χ3n) is 9.67. The van der Waals surface area contributed by atoms with Crippen molar-refractivity contribution in [2.24, 2.45) is 0 Å². The van der Waals surface area contributed by atoms with Crippen LogP contribution in [0.4, 0.5) is 0 Å². The molecule has 0 fully saturated rings. The fraction of sp³-hybridized carbons (Fsp3) is 0. The first kappa shape index (κ1) is 26.8. The molecule has 2 aromatic heterocycles. The van der Waals surface area contributed by atoms with E-state index in [2.05, 4.69) is 152 Å². The van der Waals surface area contributed by atoms with Crippen LogP contribution in [0.1, 0.15) is 0 Å². The van der Waals surface area contributed by atoms with E-state index in [1.165, 1.54) is 43.8 Å². The van der Waals surface area contributed by atoms with Gasteiger partial charge in [-0.05, 0) is 85.3 Å². The Labute approximate surface area is 277 Å². The molecule has 0 spiro atoms. The van der Waals surface area contributed by atoms with Gasteiger partial charge in [0.1, 0.15) is 22.5 Å². The number of fused-ring (bicyclic) bond motifs is 6. The molecule has 2 heteroatoms. The van der Waals surface area contributed by atoms with Crippen molar-refractivity contribution in [1.29, 1.82) is 0 Å². The molecule has 0 amide bonds. The first-order chi connectivity index (χ1) is 23.8. The zero-order valence-corrected chi connectivity index (χ0v) is 26.0. The summed E-state index contributed by atoms with van der Waals surface area (Å²) in [6.45, 7) is 0. The second kappa shape index (κ2) is 10.6. The van der Waals surface area contributed by atoms with Crippen LogP contribution in [0.3, 0.4) is 0 Å². The Hall–Kier alpha value is -6.38. The SMILES string of the molecule is c1ccc(-c2cc3cc4oc5cc(-c6ccc(-c7c8ccccc8c(-c8ccccc8)c8ccccc78)cc6)ccc5c4cc3o2)cc1. The molecule has 8 aromatic carbocycles. The Balaban J connectivity index is 1.06. The molecule has 0 bridgehead atoms. The second-order valence-corrected chi connectivity index (χ2v) is 12.5. The maximum atomic E-state index is 6.43. The molecule has 0 unspecified atom stereocenters. The van der Waals surface area contributed by atoms with Crippen LogP contribution in [0.5, 0.6) is 0 Å². The standard InChI is InChI=1S/C46H28O2/c1-3-11-30(12-4-1)41-26-34-27-44-40(28-42(34)47-41)35-24-23-33(25-43(35)48-44)29-19-21-32(22-20-29)46-38-17-9-7-15-36(38)45(31-13-5-2-6-14-31)37-16-8-10-18-39(37)46/h1-28H. The summed E-state index contributed by atoms with van der Waals surface area (Å²) in [6, 6.07) is 60.3. The molecule has 48 heavy (non-hydrogen) atoms. The van der Waals surface area contributed by atoms with Crippen LogP contribution in [-0.2, 0) is 0 Å². The molecule has 0 N–H and O–H groups in total. The quantitative estimate of drug-likeness (QED) is 0.185. The lowest BCUT2D eigenvalue weighted by atomic mass is 9.86. The molecular formula is C46H28O2. The van der Waals surface area contributed by atoms with Crippen LogP contribution >= 0.6 is 0 Å². The molecule has 2 nitrogen and oxygen atoms in total. The molecule has 10 aromatic rings. The molecule has 0 aliphatic carbocycles. The maximum absolute atomic E-state index is 6.43. The summed E-state index contributed by atoms with van der Waals surface area (Å²) < 4.78 is 12.7. The highest BCUT2D eigenvalue weighted by atomic mass is 16.3. The Kier molecular flexibility index (Phi) is 5.91. The molecule has 0 aliphatic rings. The lowest BCUT2D eigenvalue weighted by molar-refractivity contribution is 0.631. The monoisotopic (exact) mass is 612 g/mol. The number of hydrogen-bond donors (Lipinski definition) is 0. The minimum absolute atomic E-state index is 0.862. The number of hydrogen-bond acceptors (Lipinski definition) is 2. The first-order valence-electron chi connectivity index (χ1n) is 16.3. The highest BCUT2D eigenvalue weighted by Crippen LogP contribution is 2.44. The van der Waals surface area contributed by atoms with Crippen LogP contribution in [0.15, 0.2) is 179 Å². The number of benzene rings is 8. The third-order valence-corrected chi connectivity index (χ3v) is 9.67. The van der Waals surface area contributed by atoms with Gasteiger partial charge in [-0.15, -0.1) is 0 Å². The fourth-order valence-corrected chi connectivity index (χ4v) is 7.42. The van der Waals surface area contributed by atoms with E-state index >= 15 is 0 Å². The van der Waals surface area contributed by atoms with Crippen LogP contribution in [0.2, 0.25) is 0 Å².